The van der Waals surface area contributed by atoms with Gasteiger partial charge in [0.15, 0.2) is 12.4 Å². The first-order valence-corrected chi connectivity index (χ1v) is 8.77. The number of nitro groups is 1. The Morgan fingerprint density at radius 3 is 2.64 bits per heavy atom. The SMILES string of the molecule is Cc1cc(Cl)ccc1OCn1ccc(C(=O)Nc2ccc(Cl)cc2[N+](=O)[O-])n1. The minimum Gasteiger partial charge on any atom is -0.471 e. The second-order valence-electron chi connectivity index (χ2n) is 5.80. The minimum atomic E-state index is -0.623. The van der Waals surface area contributed by atoms with Crippen LogP contribution in [-0.2, 0) is 6.73 Å². The zero-order valence-corrected chi connectivity index (χ0v) is 16.1. The Morgan fingerprint density at radius 2 is 1.93 bits per heavy atom. The van der Waals surface area contributed by atoms with E-state index in [1.807, 2.05) is 6.92 Å². The average Bonchev–Trinajstić information content (AvgIpc) is 3.11. The van der Waals surface area contributed by atoms with Crippen LogP contribution in [0.25, 0.3) is 0 Å². The zero-order chi connectivity index (χ0) is 20.3. The van der Waals surface area contributed by atoms with Crippen molar-refractivity contribution >= 4 is 40.5 Å². The molecule has 0 saturated heterocycles. The Balaban J connectivity index is 1.68. The molecule has 1 aromatic heterocycles. The van der Waals surface area contributed by atoms with Crippen LogP contribution in [0.2, 0.25) is 10.0 Å². The van der Waals surface area contributed by atoms with Crippen molar-refractivity contribution in [3.8, 4) is 5.75 Å². The Morgan fingerprint density at radius 1 is 1.21 bits per heavy atom. The molecule has 0 saturated carbocycles. The smallest absolute Gasteiger partial charge is 0.294 e. The lowest BCUT2D eigenvalue weighted by Crippen LogP contribution is -2.15. The van der Waals surface area contributed by atoms with Crippen molar-refractivity contribution in [3.05, 3.63) is 80.1 Å². The summed E-state index contributed by atoms with van der Waals surface area (Å²) in [7, 11) is 0. The van der Waals surface area contributed by atoms with Crippen LogP contribution >= 0.6 is 23.2 Å². The summed E-state index contributed by atoms with van der Waals surface area (Å²) in [4.78, 5) is 22.8. The Hall–Kier alpha value is -3.10. The van der Waals surface area contributed by atoms with Gasteiger partial charge in [-0.25, -0.2) is 4.68 Å². The third-order valence-corrected chi connectivity index (χ3v) is 4.24. The molecular weight excluding hydrogens is 407 g/mol. The van der Waals surface area contributed by atoms with Crippen LogP contribution in [0.3, 0.4) is 0 Å². The number of aromatic nitrogens is 2. The van der Waals surface area contributed by atoms with Gasteiger partial charge in [0.25, 0.3) is 11.6 Å². The molecule has 0 atom stereocenters. The molecule has 28 heavy (non-hydrogen) atoms. The number of nitrogens with zero attached hydrogens (tertiary/aromatic N) is 3. The van der Waals surface area contributed by atoms with Crippen molar-refractivity contribution in [2.75, 3.05) is 5.32 Å². The summed E-state index contributed by atoms with van der Waals surface area (Å²) in [6.07, 6.45) is 1.57. The van der Waals surface area contributed by atoms with E-state index in [0.29, 0.717) is 10.8 Å². The molecule has 0 spiro atoms. The predicted molar refractivity (Wildman–Crippen MR) is 105 cm³/mol. The number of carbonyl (C=O) groups is 1. The Kier molecular flexibility index (Phi) is 5.81. The summed E-state index contributed by atoms with van der Waals surface area (Å²) < 4.78 is 7.09. The van der Waals surface area contributed by atoms with E-state index in [0.717, 1.165) is 11.6 Å². The van der Waals surface area contributed by atoms with E-state index in [-0.39, 0.29) is 28.8 Å². The molecule has 0 fully saturated rings. The number of rotatable bonds is 6. The maximum Gasteiger partial charge on any atom is 0.294 e. The number of carbonyl (C=O) groups excluding carboxylic acids is 1. The van der Waals surface area contributed by atoms with Crippen LogP contribution in [0, 0.1) is 17.0 Å². The van der Waals surface area contributed by atoms with Crippen LogP contribution < -0.4 is 10.1 Å². The van der Waals surface area contributed by atoms with Gasteiger partial charge < -0.3 is 10.1 Å². The molecule has 144 valence electrons. The van der Waals surface area contributed by atoms with E-state index < -0.39 is 10.8 Å². The van der Waals surface area contributed by atoms with Gasteiger partial charge in [-0.3, -0.25) is 14.9 Å². The van der Waals surface area contributed by atoms with E-state index in [9.17, 15) is 14.9 Å². The molecule has 0 unspecified atom stereocenters. The largest absolute Gasteiger partial charge is 0.471 e. The minimum absolute atomic E-state index is 0.0296. The van der Waals surface area contributed by atoms with Crippen molar-refractivity contribution < 1.29 is 14.5 Å². The number of anilines is 1. The molecule has 0 aliphatic heterocycles. The van der Waals surface area contributed by atoms with Crippen molar-refractivity contribution in [1.82, 2.24) is 9.78 Å². The van der Waals surface area contributed by atoms with Crippen LogP contribution in [0.4, 0.5) is 11.4 Å². The molecule has 1 N–H and O–H groups in total. The molecule has 0 bridgehead atoms. The van der Waals surface area contributed by atoms with Gasteiger partial charge in [-0.05, 0) is 48.9 Å². The van der Waals surface area contributed by atoms with Gasteiger partial charge in [0.2, 0.25) is 0 Å². The monoisotopic (exact) mass is 420 g/mol. The van der Waals surface area contributed by atoms with Gasteiger partial charge >= 0.3 is 0 Å². The van der Waals surface area contributed by atoms with Gasteiger partial charge in [-0.15, -0.1) is 0 Å². The molecule has 8 nitrogen and oxygen atoms in total. The molecule has 1 heterocycles. The number of nitrogens with one attached hydrogen (secondary N) is 1. The summed E-state index contributed by atoms with van der Waals surface area (Å²) in [6, 6.07) is 10.7. The molecule has 0 aliphatic rings. The van der Waals surface area contributed by atoms with Crippen LogP contribution in [-0.4, -0.2) is 20.6 Å². The quantitative estimate of drug-likeness (QED) is 0.460. The highest BCUT2D eigenvalue weighted by atomic mass is 35.5. The van der Waals surface area contributed by atoms with E-state index in [1.54, 1.807) is 24.4 Å². The highest BCUT2D eigenvalue weighted by Crippen LogP contribution is 2.28. The fourth-order valence-electron chi connectivity index (χ4n) is 2.41. The highest BCUT2D eigenvalue weighted by molar-refractivity contribution is 6.31. The molecule has 3 rings (SSSR count). The van der Waals surface area contributed by atoms with Crippen LogP contribution in [0.5, 0.6) is 5.75 Å². The van der Waals surface area contributed by atoms with Crippen molar-refractivity contribution in [2.24, 2.45) is 0 Å². The normalized spacial score (nSPS) is 10.5. The lowest BCUT2D eigenvalue weighted by atomic mass is 10.2. The van der Waals surface area contributed by atoms with Gasteiger partial charge in [0.05, 0.1) is 4.92 Å². The number of hydrogen-bond acceptors (Lipinski definition) is 5. The second-order valence-corrected chi connectivity index (χ2v) is 6.67. The number of hydrogen-bond donors (Lipinski definition) is 1. The summed E-state index contributed by atoms with van der Waals surface area (Å²) >= 11 is 11.7. The summed E-state index contributed by atoms with van der Waals surface area (Å²) in [5.74, 6) is 0.0505. The molecule has 0 radical (unpaired) electrons. The van der Waals surface area contributed by atoms with Crippen molar-refractivity contribution in [2.45, 2.75) is 13.7 Å². The van der Waals surface area contributed by atoms with Gasteiger partial charge in [0.1, 0.15) is 11.4 Å². The molecular formula is C18H14Cl2N4O4. The van der Waals surface area contributed by atoms with Gasteiger partial charge in [-0.2, -0.15) is 5.10 Å². The van der Waals surface area contributed by atoms with Crippen LogP contribution in [0.15, 0.2) is 48.7 Å². The standard InChI is InChI=1S/C18H14Cl2N4O4/c1-11-8-12(19)3-5-17(11)28-10-23-7-6-15(22-23)18(25)21-14-4-2-13(20)9-16(14)24(26)27/h2-9H,10H2,1H3,(H,21,25). The fourth-order valence-corrected chi connectivity index (χ4v) is 2.81. The third-order valence-electron chi connectivity index (χ3n) is 3.77. The van der Waals surface area contributed by atoms with E-state index in [2.05, 4.69) is 10.4 Å². The summed E-state index contributed by atoms with van der Waals surface area (Å²) in [5.41, 5.74) is 0.678. The fraction of sp³-hybridized carbons (Fsp3) is 0.111. The van der Waals surface area contributed by atoms with E-state index >= 15 is 0 Å². The zero-order valence-electron chi connectivity index (χ0n) is 14.6. The molecule has 0 aliphatic carbocycles. The predicted octanol–water partition coefficient (Wildman–Crippen LogP) is 4.70. The van der Waals surface area contributed by atoms with Crippen molar-refractivity contribution in [1.29, 1.82) is 0 Å². The van der Waals surface area contributed by atoms with Gasteiger partial charge in [-0.1, -0.05) is 23.2 Å². The number of benzene rings is 2. The summed E-state index contributed by atoms with van der Waals surface area (Å²) in [5, 5.41) is 18.5. The maximum absolute atomic E-state index is 12.4. The summed E-state index contributed by atoms with van der Waals surface area (Å²) in [6.45, 7) is 1.94. The molecule has 2 aromatic carbocycles. The molecule has 1 amide bonds. The first-order valence-electron chi connectivity index (χ1n) is 8.01. The van der Waals surface area contributed by atoms with Crippen LogP contribution in [0.1, 0.15) is 16.1 Å². The Labute approximate surface area is 169 Å². The highest BCUT2D eigenvalue weighted by Gasteiger charge is 2.18. The number of halogens is 2. The van der Waals surface area contributed by atoms with Crippen molar-refractivity contribution in [3.63, 3.8) is 0 Å². The Bertz CT molecular complexity index is 1050. The first kappa shape index (κ1) is 19.7. The molecule has 3 aromatic rings. The average molecular weight is 421 g/mol. The van der Waals surface area contributed by atoms with E-state index in [4.69, 9.17) is 27.9 Å². The molecule has 10 heteroatoms. The number of nitro benzene ring substituents is 1. The number of aryl methyl sites for hydroxylation is 1. The second kappa shape index (κ2) is 8.28. The van der Waals surface area contributed by atoms with Gasteiger partial charge in [0, 0.05) is 22.3 Å². The topological polar surface area (TPSA) is 99.3 Å². The number of ether oxygens (including phenoxy) is 1. The lowest BCUT2D eigenvalue weighted by Gasteiger charge is -2.09. The maximum atomic E-state index is 12.4. The van der Waals surface area contributed by atoms with E-state index in [1.165, 1.54) is 22.9 Å². The first-order chi connectivity index (χ1) is 13.3. The third kappa shape index (κ3) is 4.59. The lowest BCUT2D eigenvalue weighted by molar-refractivity contribution is -0.383. The number of amides is 1.